The Kier molecular flexibility index (Phi) is 2.64. The third kappa shape index (κ3) is 2.13. The first-order valence-electron chi connectivity index (χ1n) is 4.35. The van der Waals surface area contributed by atoms with Crippen molar-refractivity contribution in [1.82, 2.24) is 0 Å². The molecule has 2 aromatic rings. The minimum absolute atomic E-state index is 0.0363. The van der Waals surface area contributed by atoms with Crippen molar-refractivity contribution in [3.05, 3.63) is 35.2 Å². The Hall–Kier alpha value is -1.88. The number of benzene rings is 1. The number of nitrogens with zero attached hydrogens (tertiary/aromatic N) is 2. The van der Waals surface area contributed by atoms with E-state index in [1.54, 1.807) is 17.6 Å². The summed E-state index contributed by atoms with van der Waals surface area (Å²) in [6.45, 7) is 0. The number of guanidine groups is 1. The van der Waals surface area contributed by atoms with Gasteiger partial charge in [-0.25, -0.2) is 0 Å². The third-order valence-corrected chi connectivity index (χ3v) is 2.86. The molecule has 0 radical (unpaired) electrons. The minimum Gasteiger partial charge on any atom is -0.369 e. The summed E-state index contributed by atoms with van der Waals surface area (Å²) in [4.78, 5) is 0. The van der Waals surface area contributed by atoms with Crippen LogP contribution in [0.1, 0.15) is 5.56 Å². The molecule has 76 valence electrons. The van der Waals surface area contributed by atoms with Crippen molar-refractivity contribution in [2.45, 2.75) is 0 Å². The summed E-state index contributed by atoms with van der Waals surface area (Å²) in [6.07, 6.45) is 1.65. The molecule has 2 rings (SSSR count). The molecule has 0 aliphatic rings. The molecule has 0 spiro atoms. The van der Waals surface area contributed by atoms with Crippen LogP contribution in [0.3, 0.4) is 0 Å². The second-order valence-electron chi connectivity index (χ2n) is 2.96. The van der Waals surface area contributed by atoms with Crippen molar-refractivity contribution in [2.24, 2.45) is 21.7 Å². The van der Waals surface area contributed by atoms with Crippen LogP contribution in [0.5, 0.6) is 0 Å². The van der Waals surface area contributed by atoms with Gasteiger partial charge in [-0.3, -0.25) is 0 Å². The quantitative estimate of drug-likeness (QED) is 0.455. The molecular weight excluding hydrogens is 208 g/mol. The van der Waals surface area contributed by atoms with E-state index in [4.69, 9.17) is 11.5 Å². The Morgan fingerprint density at radius 1 is 1.27 bits per heavy atom. The monoisotopic (exact) mass is 218 g/mol. The standard InChI is InChI=1S/C10H10N4S/c11-10(12)14-13-5-7-6-15-9-4-2-1-3-8(7)9/h1-6H,(H4,11,12,14). The summed E-state index contributed by atoms with van der Waals surface area (Å²) in [7, 11) is 0. The van der Waals surface area contributed by atoms with Gasteiger partial charge in [0, 0.05) is 21.0 Å². The summed E-state index contributed by atoms with van der Waals surface area (Å²) >= 11 is 1.67. The Morgan fingerprint density at radius 3 is 2.87 bits per heavy atom. The molecule has 0 aliphatic carbocycles. The van der Waals surface area contributed by atoms with Crippen LogP contribution >= 0.6 is 11.3 Å². The highest BCUT2D eigenvalue weighted by molar-refractivity contribution is 7.17. The third-order valence-electron chi connectivity index (χ3n) is 1.88. The Balaban J connectivity index is 2.37. The molecule has 4 nitrogen and oxygen atoms in total. The lowest BCUT2D eigenvalue weighted by Gasteiger charge is -1.89. The number of hydrogen-bond acceptors (Lipinski definition) is 3. The van der Waals surface area contributed by atoms with Crippen LogP contribution < -0.4 is 11.5 Å². The van der Waals surface area contributed by atoms with E-state index in [2.05, 4.69) is 16.3 Å². The molecule has 1 aromatic heterocycles. The van der Waals surface area contributed by atoms with Gasteiger partial charge in [-0.1, -0.05) is 18.2 Å². The molecule has 0 saturated carbocycles. The maximum absolute atomic E-state index is 5.16. The fourth-order valence-electron chi connectivity index (χ4n) is 1.26. The van der Waals surface area contributed by atoms with Crippen LogP contribution in [-0.4, -0.2) is 12.2 Å². The molecular formula is C10H10N4S. The summed E-state index contributed by atoms with van der Waals surface area (Å²) in [6, 6.07) is 8.11. The van der Waals surface area contributed by atoms with Gasteiger partial charge in [0.1, 0.15) is 0 Å². The van der Waals surface area contributed by atoms with Crippen LogP contribution in [0.25, 0.3) is 10.1 Å². The highest BCUT2D eigenvalue weighted by atomic mass is 32.1. The molecule has 1 heterocycles. The van der Waals surface area contributed by atoms with Crippen molar-refractivity contribution >= 4 is 33.6 Å². The van der Waals surface area contributed by atoms with Gasteiger partial charge in [0.05, 0.1) is 6.21 Å². The van der Waals surface area contributed by atoms with Crippen molar-refractivity contribution in [3.63, 3.8) is 0 Å². The predicted octanol–water partition coefficient (Wildman–Crippen LogP) is 1.51. The summed E-state index contributed by atoms with van der Waals surface area (Å²) < 4.78 is 1.23. The number of nitrogens with two attached hydrogens (primary N) is 2. The van der Waals surface area contributed by atoms with Gasteiger partial charge in [0.25, 0.3) is 0 Å². The minimum atomic E-state index is -0.0363. The first-order valence-corrected chi connectivity index (χ1v) is 5.23. The largest absolute Gasteiger partial charge is 0.369 e. The fourth-order valence-corrected chi connectivity index (χ4v) is 2.17. The predicted molar refractivity (Wildman–Crippen MR) is 65.2 cm³/mol. The summed E-state index contributed by atoms with van der Waals surface area (Å²) in [5, 5.41) is 10.5. The first-order chi connectivity index (χ1) is 7.27. The van der Waals surface area contributed by atoms with Crippen molar-refractivity contribution in [1.29, 1.82) is 0 Å². The van der Waals surface area contributed by atoms with Crippen molar-refractivity contribution in [2.75, 3.05) is 0 Å². The van der Waals surface area contributed by atoms with Gasteiger partial charge in [-0.2, -0.15) is 5.10 Å². The summed E-state index contributed by atoms with van der Waals surface area (Å²) in [5.41, 5.74) is 11.4. The lowest BCUT2D eigenvalue weighted by atomic mass is 10.2. The Bertz CT molecular complexity index is 523. The van der Waals surface area contributed by atoms with Crippen LogP contribution in [0.2, 0.25) is 0 Å². The van der Waals surface area contributed by atoms with Crippen LogP contribution in [0, 0.1) is 0 Å². The zero-order chi connectivity index (χ0) is 10.7. The topological polar surface area (TPSA) is 76.8 Å². The SMILES string of the molecule is NC(N)=NN=Cc1csc2ccccc12. The van der Waals surface area contributed by atoms with E-state index in [-0.39, 0.29) is 5.96 Å². The number of fused-ring (bicyclic) bond motifs is 1. The highest BCUT2D eigenvalue weighted by Crippen LogP contribution is 2.24. The highest BCUT2D eigenvalue weighted by Gasteiger charge is 1.99. The van der Waals surface area contributed by atoms with Crippen LogP contribution in [0.4, 0.5) is 0 Å². The van der Waals surface area contributed by atoms with Gasteiger partial charge >= 0.3 is 0 Å². The number of hydrogen-bond donors (Lipinski definition) is 2. The second-order valence-corrected chi connectivity index (χ2v) is 3.87. The normalized spacial score (nSPS) is 10.9. The molecule has 4 N–H and O–H groups in total. The van der Waals surface area contributed by atoms with E-state index >= 15 is 0 Å². The molecule has 0 fully saturated rings. The zero-order valence-electron chi connectivity index (χ0n) is 7.92. The van der Waals surface area contributed by atoms with E-state index in [0.29, 0.717) is 0 Å². The van der Waals surface area contributed by atoms with E-state index in [9.17, 15) is 0 Å². The average Bonchev–Trinajstić information content (AvgIpc) is 2.62. The molecule has 0 amide bonds. The molecule has 0 aliphatic heterocycles. The number of rotatable bonds is 2. The molecule has 0 bridgehead atoms. The van der Waals surface area contributed by atoms with Crippen LogP contribution in [0.15, 0.2) is 39.8 Å². The van der Waals surface area contributed by atoms with Gasteiger partial charge in [-0.15, -0.1) is 16.4 Å². The molecule has 5 heteroatoms. The van der Waals surface area contributed by atoms with Crippen molar-refractivity contribution < 1.29 is 0 Å². The molecule has 15 heavy (non-hydrogen) atoms. The second kappa shape index (κ2) is 4.10. The van der Waals surface area contributed by atoms with E-state index in [1.807, 2.05) is 23.6 Å². The smallest absolute Gasteiger partial charge is 0.211 e. The van der Waals surface area contributed by atoms with E-state index < -0.39 is 0 Å². The number of thiophene rings is 1. The fraction of sp³-hybridized carbons (Fsp3) is 0. The maximum atomic E-state index is 5.16. The Labute approximate surface area is 90.9 Å². The van der Waals surface area contributed by atoms with Gasteiger partial charge in [-0.05, 0) is 6.07 Å². The van der Waals surface area contributed by atoms with Gasteiger partial charge in [0.15, 0.2) is 0 Å². The first kappa shape index (κ1) is 9.67. The lowest BCUT2D eigenvalue weighted by Crippen LogP contribution is -2.21. The molecule has 1 aromatic carbocycles. The molecule has 0 saturated heterocycles. The van der Waals surface area contributed by atoms with Crippen LogP contribution in [-0.2, 0) is 0 Å². The Morgan fingerprint density at radius 2 is 2.07 bits per heavy atom. The van der Waals surface area contributed by atoms with Gasteiger partial charge < -0.3 is 11.5 Å². The van der Waals surface area contributed by atoms with E-state index in [1.165, 1.54) is 4.70 Å². The van der Waals surface area contributed by atoms with Gasteiger partial charge in [0.2, 0.25) is 5.96 Å². The molecule has 0 unspecified atom stereocenters. The maximum Gasteiger partial charge on any atom is 0.211 e. The van der Waals surface area contributed by atoms with E-state index in [0.717, 1.165) is 10.9 Å². The van der Waals surface area contributed by atoms with Crippen molar-refractivity contribution in [3.8, 4) is 0 Å². The lowest BCUT2D eigenvalue weighted by molar-refractivity contribution is 1.22. The summed E-state index contributed by atoms with van der Waals surface area (Å²) in [5.74, 6) is -0.0363. The molecule has 0 atom stereocenters. The zero-order valence-corrected chi connectivity index (χ0v) is 8.74. The average molecular weight is 218 g/mol.